The van der Waals surface area contributed by atoms with E-state index in [0.29, 0.717) is 0 Å². The molecule has 1 N–H and O–H groups in total. The van der Waals surface area contributed by atoms with Crippen LogP contribution in [0.15, 0.2) is 42.9 Å². The molecule has 0 amide bonds. The van der Waals surface area contributed by atoms with Gasteiger partial charge in [0.1, 0.15) is 12.1 Å². The first-order valence-electron chi connectivity index (χ1n) is 5.04. The van der Waals surface area contributed by atoms with Gasteiger partial charge in [-0.25, -0.2) is 9.97 Å². The van der Waals surface area contributed by atoms with Crippen molar-refractivity contribution in [3.8, 4) is 0 Å². The SMILES string of the molecule is CC(Nc1ccncn1)c1cccc(Cl)c1. The van der Waals surface area contributed by atoms with Crippen molar-refractivity contribution in [1.29, 1.82) is 0 Å². The standard InChI is InChI=1S/C12H12ClN3/c1-9(10-3-2-4-11(13)7-10)16-12-5-6-14-8-15-12/h2-9H,1H3,(H,14,15,16). The van der Waals surface area contributed by atoms with Gasteiger partial charge in [-0.1, -0.05) is 23.7 Å². The minimum absolute atomic E-state index is 0.161. The van der Waals surface area contributed by atoms with Crippen molar-refractivity contribution < 1.29 is 0 Å². The molecule has 0 spiro atoms. The molecule has 0 bridgehead atoms. The summed E-state index contributed by atoms with van der Waals surface area (Å²) in [6.07, 6.45) is 3.23. The molecule has 16 heavy (non-hydrogen) atoms. The normalized spacial score (nSPS) is 12.1. The molecule has 1 aromatic heterocycles. The summed E-state index contributed by atoms with van der Waals surface area (Å²) < 4.78 is 0. The molecule has 1 aromatic carbocycles. The van der Waals surface area contributed by atoms with Crippen LogP contribution < -0.4 is 5.32 Å². The van der Waals surface area contributed by atoms with Gasteiger partial charge in [-0.05, 0) is 30.7 Å². The van der Waals surface area contributed by atoms with E-state index in [2.05, 4.69) is 22.2 Å². The highest BCUT2D eigenvalue weighted by molar-refractivity contribution is 6.30. The van der Waals surface area contributed by atoms with Crippen LogP contribution in [-0.2, 0) is 0 Å². The Kier molecular flexibility index (Phi) is 3.37. The van der Waals surface area contributed by atoms with Crippen LogP contribution in [0.5, 0.6) is 0 Å². The first-order chi connectivity index (χ1) is 7.75. The van der Waals surface area contributed by atoms with Crippen LogP contribution in [0.3, 0.4) is 0 Å². The van der Waals surface area contributed by atoms with Crippen LogP contribution >= 0.6 is 11.6 Å². The number of halogens is 1. The molecule has 3 nitrogen and oxygen atoms in total. The van der Waals surface area contributed by atoms with Crippen molar-refractivity contribution in [3.63, 3.8) is 0 Å². The number of hydrogen-bond acceptors (Lipinski definition) is 3. The predicted molar refractivity (Wildman–Crippen MR) is 65.5 cm³/mol. The minimum Gasteiger partial charge on any atom is -0.363 e. The lowest BCUT2D eigenvalue weighted by atomic mass is 10.1. The summed E-state index contributed by atoms with van der Waals surface area (Å²) in [4.78, 5) is 7.98. The van der Waals surface area contributed by atoms with E-state index in [1.807, 2.05) is 30.3 Å². The zero-order chi connectivity index (χ0) is 11.4. The van der Waals surface area contributed by atoms with E-state index in [4.69, 9.17) is 11.6 Å². The summed E-state index contributed by atoms with van der Waals surface area (Å²) in [7, 11) is 0. The number of hydrogen-bond donors (Lipinski definition) is 1. The molecule has 1 heterocycles. The lowest BCUT2D eigenvalue weighted by molar-refractivity contribution is 0.872. The van der Waals surface area contributed by atoms with Crippen LogP contribution in [0.25, 0.3) is 0 Å². The maximum atomic E-state index is 5.94. The molecule has 0 aliphatic carbocycles. The second-order valence-electron chi connectivity index (χ2n) is 3.52. The Morgan fingerprint density at radius 2 is 2.19 bits per heavy atom. The average molecular weight is 234 g/mol. The zero-order valence-corrected chi connectivity index (χ0v) is 9.65. The minimum atomic E-state index is 0.161. The van der Waals surface area contributed by atoms with Crippen molar-refractivity contribution in [2.24, 2.45) is 0 Å². The fourth-order valence-electron chi connectivity index (χ4n) is 1.46. The highest BCUT2D eigenvalue weighted by Crippen LogP contribution is 2.20. The summed E-state index contributed by atoms with van der Waals surface area (Å²) in [6, 6.07) is 9.78. The lowest BCUT2D eigenvalue weighted by Crippen LogP contribution is -2.07. The fraction of sp³-hybridized carbons (Fsp3) is 0.167. The van der Waals surface area contributed by atoms with Gasteiger partial charge in [0, 0.05) is 17.3 Å². The molecule has 1 atom stereocenters. The molecule has 0 fully saturated rings. The van der Waals surface area contributed by atoms with Crippen molar-refractivity contribution in [3.05, 3.63) is 53.4 Å². The molecule has 2 rings (SSSR count). The molecule has 0 aliphatic heterocycles. The third-order valence-corrected chi connectivity index (χ3v) is 2.53. The Balaban J connectivity index is 2.12. The van der Waals surface area contributed by atoms with E-state index in [1.165, 1.54) is 6.33 Å². The molecule has 4 heteroatoms. The number of rotatable bonds is 3. The summed E-state index contributed by atoms with van der Waals surface area (Å²) in [6.45, 7) is 2.06. The van der Waals surface area contributed by atoms with E-state index in [1.54, 1.807) is 6.20 Å². The first-order valence-corrected chi connectivity index (χ1v) is 5.41. The molecule has 82 valence electrons. The van der Waals surface area contributed by atoms with Gasteiger partial charge in [-0.15, -0.1) is 0 Å². The van der Waals surface area contributed by atoms with Crippen molar-refractivity contribution in [2.75, 3.05) is 5.32 Å². The van der Waals surface area contributed by atoms with Crippen LogP contribution in [-0.4, -0.2) is 9.97 Å². The Morgan fingerprint density at radius 3 is 2.88 bits per heavy atom. The van der Waals surface area contributed by atoms with Crippen LogP contribution in [0.1, 0.15) is 18.5 Å². The molecular formula is C12H12ClN3. The van der Waals surface area contributed by atoms with Crippen molar-refractivity contribution >= 4 is 17.4 Å². The third-order valence-electron chi connectivity index (χ3n) is 2.30. The van der Waals surface area contributed by atoms with Crippen LogP contribution in [0, 0.1) is 0 Å². The number of anilines is 1. The van der Waals surface area contributed by atoms with Crippen molar-refractivity contribution in [1.82, 2.24) is 9.97 Å². The van der Waals surface area contributed by atoms with E-state index in [9.17, 15) is 0 Å². The highest BCUT2D eigenvalue weighted by Gasteiger charge is 2.05. The van der Waals surface area contributed by atoms with Gasteiger partial charge in [0.2, 0.25) is 0 Å². The first kappa shape index (κ1) is 10.9. The summed E-state index contributed by atoms with van der Waals surface area (Å²) in [5.74, 6) is 0.808. The molecule has 2 aromatic rings. The van der Waals surface area contributed by atoms with Gasteiger partial charge in [-0.2, -0.15) is 0 Å². The number of benzene rings is 1. The summed E-state index contributed by atoms with van der Waals surface area (Å²) >= 11 is 5.94. The smallest absolute Gasteiger partial charge is 0.129 e. The van der Waals surface area contributed by atoms with Gasteiger partial charge >= 0.3 is 0 Å². The maximum Gasteiger partial charge on any atom is 0.129 e. The van der Waals surface area contributed by atoms with Gasteiger partial charge in [0.25, 0.3) is 0 Å². The molecule has 0 saturated carbocycles. The summed E-state index contributed by atoms with van der Waals surface area (Å²) in [5, 5.41) is 4.02. The molecular weight excluding hydrogens is 222 g/mol. The molecule has 1 unspecified atom stereocenters. The molecule has 0 radical (unpaired) electrons. The summed E-state index contributed by atoms with van der Waals surface area (Å²) in [5.41, 5.74) is 1.13. The van der Waals surface area contributed by atoms with Crippen LogP contribution in [0.2, 0.25) is 5.02 Å². The Hall–Kier alpha value is -1.61. The fourth-order valence-corrected chi connectivity index (χ4v) is 1.66. The lowest BCUT2D eigenvalue weighted by Gasteiger charge is -2.14. The topological polar surface area (TPSA) is 37.8 Å². The monoisotopic (exact) mass is 233 g/mol. The van der Waals surface area contributed by atoms with Gasteiger partial charge in [-0.3, -0.25) is 0 Å². The Labute approximate surface area is 99.5 Å². The van der Waals surface area contributed by atoms with Gasteiger partial charge in [0.15, 0.2) is 0 Å². The van der Waals surface area contributed by atoms with E-state index >= 15 is 0 Å². The molecule has 0 aliphatic rings. The Bertz CT molecular complexity index is 459. The highest BCUT2D eigenvalue weighted by atomic mass is 35.5. The van der Waals surface area contributed by atoms with Crippen LogP contribution in [0.4, 0.5) is 5.82 Å². The second kappa shape index (κ2) is 4.94. The van der Waals surface area contributed by atoms with E-state index < -0.39 is 0 Å². The average Bonchev–Trinajstić information content (AvgIpc) is 2.30. The zero-order valence-electron chi connectivity index (χ0n) is 8.89. The number of nitrogens with zero attached hydrogens (tertiary/aromatic N) is 2. The Morgan fingerprint density at radius 1 is 1.31 bits per heavy atom. The second-order valence-corrected chi connectivity index (χ2v) is 3.95. The number of nitrogens with one attached hydrogen (secondary N) is 1. The largest absolute Gasteiger partial charge is 0.363 e. The van der Waals surface area contributed by atoms with E-state index in [0.717, 1.165) is 16.4 Å². The molecule has 0 saturated heterocycles. The third kappa shape index (κ3) is 2.70. The van der Waals surface area contributed by atoms with Gasteiger partial charge in [0.05, 0.1) is 0 Å². The maximum absolute atomic E-state index is 5.94. The quantitative estimate of drug-likeness (QED) is 0.884. The number of aromatic nitrogens is 2. The predicted octanol–water partition coefficient (Wildman–Crippen LogP) is 3.30. The van der Waals surface area contributed by atoms with Crippen molar-refractivity contribution in [2.45, 2.75) is 13.0 Å². The van der Waals surface area contributed by atoms with E-state index in [-0.39, 0.29) is 6.04 Å². The van der Waals surface area contributed by atoms with Gasteiger partial charge < -0.3 is 5.32 Å².